The Morgan fingerprint density at radius 1 is 0.938 bits per heavy atom. The number of anilines is 2. The van der Waals surface area contributed by atoms with Crippen LogP contribution in [0, 0.1) is 0 Å². The summed E-state index contributed by atoms with van der Waals surface area (Å²) in [5.74, 6) is 2.14. The predicted octanol–water partition coefficient (Wildman–Crippen LogP) is 7.10. The molecule has 3 heterocycles. The maximum absolute atomic E-state index is 12.5. The Kier molecular flexibility index (Phi) is 10.8. The Labute approximate surface area is 285 Å². The summed E-state index contributed by atoms with van der Waals surface area (Å²) in [4.78, 5) is 26.4. The third-order valence-corrected chi connectivity index (χ3v) is 9.86. The van der Waals surface area contributed by atoms with Gasteiger partial charge in [-0.1, -0.05) is 31.8 Å². The number of aromatic nitrogens is 3. The molecule has 1 amide bonds. The van der Waals surface area contributed by atoms with Crippen LogP contribution in [0.3, 0.4) is 0 Å². The Balaban J connectivity index is 1.33. The summed E-state index contributed by atoms with van der Waals surface area (Å²) in [7, 11) is 2.06. The highest BCUT2D eigenvalue weighted by atomic mass is 28.3. The van der Waals surface area contributed by atoms with Gasteiger partial charge in [-0.05, 0) is 68.3 Å². The van der Waals surface area contributed by atoms with E-state index in [0.29, 0.717) is 38.8 Å². The summed E-state index contributed by atoms with van der Waals surface area (Å²) >= 11 is 0. The van der Waals surface area contributed by atoms with Gasteiger partial charge in [0, 0.05) is 59.2 Å². The fourth-order valence-electron chi connectivity index (χ4n) is 5.49. The van der Waals surface area contributed by atoms with E-state index in [1.165, 1.54) is 0 Å². The second-order valence-electron chi connectivity index (χ2n) is 14.3. The van der Waals surface area contributed by atoms with Crippen molar-refractivity contribution in [1.82, 2.24) is 19.4 Å². The number of benzene rings is 2. The molecule has 5 rings (SSSR count). The first-order valence-electron chi connectivity index (χ1n) is 16.5. The molecule has 0 bridgehead atoms. The summed E-state index contributed by atoms with van der Waals surface area (Å²) in [6, 6.07) is 17.5. The molecule has 1 fully saturated rings. The zero-order chi connectivity index (χ0) is 34.5. The third kappa shape index (κ3) is 9.19. The van der Waals surface area contributed by atoms with Crippen LogP contribution in [0.1, 0.15) is 26.3 Å². The van der Waals surface area contributed by atoms with E-state index in [-0.39, 0.29) is 6.09 Å². The highest BCUT2D eigenvalue weighted by Crippen LogP contribution is 2.30. The van der Waals surface area contributed by atoms with Gasteiger partial charge in [-0.15, -0.1) is 0 Å². The lowest BCUT2D eigenvalue weighted by molar-refractivity contribution is 0.0240. The predicted molar refractivity (Wildman–Crippen MR) is 194 cm³/mol. The topological polar surface area (TPSA) is 103 Å². The maximum Gasteiger partial charge on any atom is 0.410 e. The Bertz CT molecular complexity index is 1670. The van der Waals surface area contributed by atoms with E-state index in [1.54, 1.807) is 25.3 Å². The van der Waals surface area contributed by atoms with Gasteiger partial charge in [0.25, 0.3) is 0 Å². The smallest absolute Gasteiger partial charge is 0.410 e. The van der Waals surface area contributed by atoms with Crippen molar-refractivity contribution in [2.45, 2.75) is 65.3 Å². The van der Waals surface area contributed by atoms with Crippen molar-refractivity contribution in [3.05, 3.63) is 60.3 Å². The minimum absolute atomic E-state index is 0.251. The van der Waals surface area contributed by atoms with Crippen molar-refractivity contribution >= 4 is 36.8 Å². The molecule has 0 atom stereocenters. The molecular weight excluding hydrogens is 625 g/mol. The summed E-state index contributed by atoms with van der Waals surface area (Å²) in [5.41, 5.74) is 5.23. The molecule has 1 aliphatic heterocycles. The van der Waals surface area contributed by atoms with E-state index < -0.39 is 13.7 Å². The van der Waals surface area contributed by atoms with Crippen molar-refractivity contribution in [3.63, 3.8) is 0 Å². The second-order valence-corrected chi connectivity index (χ2v) is 20.0. The zero-order valence-electron chi connectivity index (χ0n) is 29.6. The molecule has 12 heteroatoms. The summed E-state index contributed by atoms with van der Waals surface area (Å²) in [5, 5.41) is 3.40. The molecule has 4 aromatic rings. The van der Waals surface area contributed by atoms with Gasteiger partial charge in [-0.25, -0.2) is 14.8 Å². The minimum atomic E-state index is -1.23. The van der Waals surface area contributed by atoms with E-state index in [1.807, 2.05) is 39.0 Å². The zero-order valence-corrected chi connectivity index (χ0v) is 30.6. The molecule has 0 saturated carbocycles. The molecular formula is C36H50N6O5Si. The third-order valence-electron chi connectivity index (χ3n) is 8.16. The van der Waals surface area contributed by atoms with Crippen LogP contribution in [0.4, 0.5) is 16.3 Å². The number of hydrogen-bond donors (Lipinski definition) is 1. The van der Waals surface area contributed by atoms with Crippen LogP contribution in [0.25, 0.3) is 22.4 Å². The number of hydrogen-bond acceptors (Lipinski definition) is 9. The molecule has 258 valence electrons. The Morgan fingerprint density at radius 2 is 1.60 bits per heavy atom. The standard InChI is InChI=1S/C36H50N6O5Si/c1-36(2,3)47-35(43)41-15-13-40(14-16-41)28-11-9-27(10-12-28)32-22-31-34(42(32)25-46-17-18-48(6,7)8)38-24-33(39-31)37-23-26-19-29(44-4)21-30(20-26)45-5/h9-12,19-22,24H,13-18,23,25H2,1-8H3,(H,37,39). The highest BCUT2D eigenvalue weighted by Gasteiger charge is 2.26. The van der Waals surface area contributed by atoms with Crippen LogP contribution in [-0.4, -0.2) is 86.2 Å². The first-order chi connectivity index (χ1) is 22.8. The summed E-state index contributed by atoms with van der Waals surface area (Å²) < 4.78 is 24.7. The van der Waals surface area contributed by atoms with Crippen LogP contribution >= 0.6 is 0 Å². The summed E-state index contributed by atoms with van der Waals surface area (Å²) in [6.07, 6.45) is 1.51. The van der Waals surface area contributed by atoms with E-state index in [9.17, 15) is 4.79 Å². The first kappa shape index (κ1) is 35.0. The number of nitrogens with zero attached hydrogens (tertiary/aromatic N) is 5. The number of nitrogens with one attached hydrogen (secondary N) is 1. The van der Waals surface area contributed by atoms with Gasteiger partial charge in [0.15, 0.2) is 5.65 Å². The van der Waals surface area contributed by atoms with Crippen LogP contribution in [-0.2, 0) is 22.7 Å². The van der Waals surface area contributed by atoms with Crippen LogP contribution in [0.5, 0.6) is 11.5 Å². The molecule has 0 aliphatic carbocycles. The number of ether oxygens (including phenoxy) is 4. The van der Waals surface area contributed by atoms with Crippen molar-refractivity contribution in [1.29, 1.82) is 0 Å². The lowest BCUT2D eigenvalue weighted by Crippen LogP contribution is -2.50. The molecule has 1 N–H and O–H groups in total. The molecule has 0 spiro atoms. The average Bonchev–Trinajstić information content (AvgIpc) is 3.42. The fraction of sp³-hybridized carbons (Fsp3) is 0.472. The van der Waals surface area contributed by atoms with Crippen LogP contribution in [0.2, 0.25) is 25.7 Å². The number of amides is 1. The number of piperazine rings is 1. The van der Waals surface area contributed by atoms with Gasteiger partial charge >= 0.3 is 6.09 Å². The van der Waals surface area contributed by atoms with Gasteiger partial charge in [-0.3, -0.25) is 4.57 Å². The SMILES string of the molecule is COc1cc(CNc2cnc3c(cc(-c4ccc(N5CCN(C(=O)OC(C)(C)C)CC5)cc4)n3COCC[Si](C)(C)C)n2)cc(OC)c1. The van der Waals surface area contributed by atoms with Gasteiger partial charge in [0.1, 0.15) is 35.2 Å². The van der Waals surface area contributed by atoms with E-state index in [0.717, 1.165) is 64.3 Å². The number of carbonyl (C=O) groups excluding carboxylic acids is 1. The largest absolute Gasteiger partial charge is 0.497 e. The van der Waals surface area contributed by atoms with Crippen LogP contribution in [0.15, 0.2) is 54.7 Å². The highest BCUT2D eigenvalue weighted by molar-refractivity contribution is 6.76. The number of carbonyl (C=O) groups is 1. The van der Waals surface area contributed by atoms with Gasteiger partial charge in [-0.2, -0.15) is 0 Å². The molecule has 2 aromatic carbocycles. The first-order valence-corrected chi connectivity index (χ1v) is 20.3. The molecule has 0 radical (unpaired) electrons. The minimum Gasteiger partial charge on any atom is -0.497 e. The average molecular weight is 675 g/mol. The lowest BCUT2D eigenvalue weighted by atomic mass is 10.1. The van der Waals surface area contributed by atoms with Gasteiger partial charge < -0.3 is 34.1 Å². The van der Waals surface area contributed by atoms with Gasteiger partial charge in [0.2, 0.25) is 0 Å². The molecule has 48 heavy (non-hydrogen) atoms. The Morgan fingerprint density at radius 3 is 2.21 bits per heavy atom. The van der Waals surface area contributed by atoms with E-state index >= 15 is 0 Å². The molecule has 2 aromatic heterocycles. The normalized spacial score (nSPS) is 13.9. The molecule has 1 aliphatic rings. The molecule has 0 unspecified atom stereocenters. The summed E-state index contributed by atoms with van der Waals surface area (Å²) in [6.45, 7) is 17.1. The number of methoxy groups -OCH3 is 2. The quantitative estimate of drug-likeness (QED) is 0.125. The monoisotopic (exact) mass is 674 g/mol. The van der Waals surface area contributed by atoms with Crippen molar-refractivity contribution in [2.24, 2.45) is 0 Å². The second kappa shape index (κ2) is 14.9. The number of rotatable bonds is 12. The molecule has 1 saturated heterocycles. The number of fused-ring (bicyclic) bond motifs is 1. The molecule has 11 nitrogen and oxygen atoms in total. The van der Waals surface area contributed by atoms with Crippen molar-refractivity contribution < 1.29 is 23.7 Å². The van der Waals surface area contributed by atoms with Crippen LogP contribution < -0.4 is 19.7 Å². The lowest BCUT2D eigenvalue weighted by Gasteiger charge is -2.36. The van der Waals surface area contributed by atoms with Gasteiger partial charge in [0.05, 0.1) is 26.1 Å². The fourth-order valence-corrected chi connectivity index (χ4v) is 6.25. The van der Waals surface area contributed by atoms with E-state index in [4.69, 9.17) is 28.9 Å². The van der Waals surface area contributed by atoms with Crippen molar-refractivity contribution in [2.75, 3.05) is 57.2 Å². The Hall–Kier alpha value is -4.29. The van der Waals surface area contributed by atoms with E-state index in [2.05, 4.69) is 64.8 Å². The maximum atomic E-state index is 12.5. The van der Waals surface area contributed by atoms with Crippen molar-refractivity contribution in [3.8, 4) is 22.8 Å².